The van der Waals surface area contributed by atoms with Crippen LogP contribution in [0.25, 0.3) is 0 Å². The standard InChI is InChI=1S/C29H45BN2Si/c1-20(2)24-14-12-15-25(21(3)4)28(24)31-18-19-32(30(31)33(9,10)11)29-26(22(5)6)16-13-17-27(29)23(7)8/h12-23H,1-11H3. The lowest BCUT2D eigenvalue weighted by Gasteiger charge is -2.41. The van der Waals surface area contributed by atoms with Crippen molar-refractivity contribution in [2.24, 2.45) is 0 Å². The van der Waals surface area contributed by atoms with Gasteiger partial charge >= 0.3 is 6.57 Å². The van der Waals surface area contributed by atoms with Crippen molar-refractivity contribution >= 4 is 25.9 Å². The summed E-state index contributed by atoms with van der Waals surface area (Å²) in [6.07, 6.45) is 4.74. The van der Waals surface area contributed by atoms with Gasteiger partial charge in [-0.15, -0.1) is 0 Å². The van der Waals surface area contributed by atoms with Gasteiger partial charge in [0, 0.05) is 23.8 Å². The predicted octanol–water partition coefficient (Wildman–Crippen LogP) is 8.88. The summed E-state index contributed by atoms with van der Waals surface area (Å²) in [6.45, 7) is 26.5. The largest absolute Gasteiger partial charge is 0.373 e. The van der Waals surface area contributed by atoms with Gasteiger partial charge in [0.15, 0.2) is 0 Å². The Morgan fingerprint density at radius 3 is 1.03 bits per heavy atom. The molecule has 0 saturated carbocycles. The van der Waals surface area contributed by atoms with Crippen LogP contribution in [0.2, 0.25) is 19.6 Å². The molecule has 0 amide bonds. The highest BCUT2D eigenvalue weighted by Crippen LogP contribution is 2.43. The molecule has 3 rings (SSSR count). The van der Waals surface area contributed by atoms with Crippen molar-refractivity contribution < 1.29 is 0 Å². The van der Waals surface area contributed by atoms with Crippen LogP contribution in [0.3, 0.4) is 0 Å². The van der Waals surface area contributed by atoms with E-state index in [0.717, 1.165) is 0 Å². The first-order valence-corrected chi connectivity index (χ1v) is 16.4. The molecule has 0 aromatic heterocycles. The molecule has 0 spiro atoms. The molecule has 1 aliphatic heterocycles. The van der Waals surface area contributed by atoms with Crippen molar-refractivity contribution in [2.45, 2.75) is 98.7 Å². The van der Waals surface area contributed by atoms with E-state index in [0.29, 0.717) is 30.2 Å². The van der Waals surface area contributed by atoms with E-state index < -0.39 is 7.94 Å². The molecule has 2 nitrogen and oxygen atoms in total. The average molecular weight is 461 g/mol. The second-order valence-corrected chi connectivity index (χ2v) is 17.3. The monoisotopic (exact) mass is 460 g/mol. The molecule has 0 N–H and O–H groups in total. The quantitative estimate of drug-likeness (QED) is 0.381. The minimum atomic E-state index is -1.66. The molecule has 0 aliphatic carbocycles. The van der Waals surface area contributed by atoms with E-state index in [1.54, 1.807) is 0 Å². The minimum Gasteiger partial charge on any atom is -0.373 e. The zero-order valence-electron chi connectivity index (χ0n) is 22.9. The van der Waals surface area contributed by atoms with Crippen LogP contribution in [0.4, 0.5) is 11.4 Å². The molecular weight excluding hydrogens is 415 g/mol. The first-order chi connectivity index (χ1) is 15.4. The molecule has 4 heteroatoms. The second kappa shape index (κ2) is 9.74. The fourth-order valence-corrected chi connectivity index (χ4v) is 7.39. The van der Waals surface area contributed by atoms with E-state index in [9.17, 15) is 0 Å². The number of rotatable bonds is 7. The van der Waals surface area contributed by atoms with Gasteiger partial charge in [0.05, 0.1) is 7.94 Å². The van der Waals surface area contributed by atoms with E-state index in [-0.39, 0.29) is 0 Å². The Morgan fingerprint density at radius 2 is 0.818 bits per heavy atom. The number of para-hydroxylation sites is 2. The molecule has 33 heavy (non-hydrogen) atoms. The van der Waals surface area contributed by atoms with Gasteiger partial charge in [-0.2, -0.15) is 0 Å². The second-order valence-electron chi connectivity index (χ2n) is 12.0. The van der Waals surface area contributed by atoms with Gasteiger partial charge in [0.1, 0.15) is 0 Å². The highest BCUT2D eigenvalue weighted by atomic mass is 28.3. The zero-order valence-corrected chi connectivity index (χ0v) is 23.9. The third-order valence-electron chi connectivity index (χ3n) is 6.89. The number of anilines is 2. The molecule has 0 fully saturated rings. The number of nitrogens with zero attached hydrogens (tertiary/aromatic N) is 2. The Labute approximate surface area is 205 Å². The number of benzene rings is 2. The Morgan fingerprint density at radius 1 is 0.545 bits per heavy atom. The third kappa shape index (κ3) is 4.96. The summed E-state index contributed by atoms with van der Waals surface area (Å²) in [5, 5.41) is 0. The molecule has 0 bridgehead atoms. The van der Waals surface area contributed by atoms with Crippen molar-refractivity contribution in [2.75, 3.05) is 9.62 Å². The molecule has 0 saturated heterocycles. The van der Waals surface area contributed by atoms with Crippen molar-refractivity contribution in [3.63, 3.8) is 0 Å². The van der Waals surface area contributed by atoms with Crippen LogP contribution in [0.15, 0.2) is 48.8 Å². The molecular formula is C29H45BN2Si. The van der Waals surface area contributed by atoms with Crippen molar-refractivity contribution in [1.29, 1.82) is 0 Å². The van der Waals surface area contributed by atoms with Gasteiger partial charge in [0.25, 0.3) is 0 Å². The Hall–Kier alpha value is -1.94. The molecule has 2 aromatic carbocycles. The van der Waals surface area contributed by atoms with E-state index in [1.165, 1.54) is 33.6 Å². The Balaban J connectivity index is 2.27. The summed E-state index contributed by atoms with van der Waals surface area (Å²) in [6, 6.07) is 13.9. The minimum absolute atomic E-state index is 0.340. The topological polar surface area (TPSA) is 6.48 Å². The SMILES string of the molecule is CC(C)c1cccc(C(C)C)c1N1C=CN(c2c(C(C)C)cccc2C(C)C)B1[Si](C)(C)C. The fourth-order valence-electron chi connectivity index (χ4n) is 5.29. The first kappa shape index (κ1) is 25.7. The van der Waals surface area contributed by atoms with Gasteiger partial charge in [-0.25, -0.2) is 0 Å². The normalized spacial score (nSPS) is 14.7. The lowest BCUT2D eigenvalue weighted by molar-refractivity contribution is 0.832. The number of hydrogen-bond donors (Lipinski definition) is 0. The van der Waals surface area contributed by atoms with Gasteiger partial charge in [-0.05, 0) is 45.9 Å². The van der Waals surface area contributed by atoms with Gasteiger partial charge < -0.3 is 9.62 Å². The van der Waals surface area contributed by atoms with Crippen LogP contribution < -0.4 is 9.62 Å². The van der Waals surface area contributed by atoms with Crippen LogP contribution in [0.1, 0.15) is 101 Å². The lowest BCUT2D eigenvalue weighted by Crippen LogP contribution is -2.61. The highest BCUT2D eigenvalue weighted by molar-refractivity contribution is 7.34. The first-order valence-electron chi connectivity index (χ1n) is 12.9. The summed E-state index contributed by atoms with van der Waals surface area (Å²) in [4.78, 5) is 5.27. The molecule has 1 aliphatic rings. The highest BCUT2D eigenvalue weighted by Gasteiger charge is 2.47. The molecule has 178 valence electrons. The van der Waals surface area contributed by atoms with Crippen molar-refractivity contribution in [1.82, 2.24) is 0 Å². The molecule has 0 atom stereocenters. The molecule has 0 radical (unpaired) electrons. The van der Waals surface area contributed by atoms with E-state index in [1.807, 2.05) is 0 Å². The summed E-state index contributed by atoms with van der Waals surface area (Å²) >= 11 is 0. The van der Waals surface area contributed by atoms with Crippen molar-refractivity contribution in [3.8, 4) is 0 Å². The summed E-state index contributed by atoms with van der Waals surface area (Å²) < 4.78 is 0. The average Bonchev–Trinajstić information content (AvgIpc) is 3.17. The summed E-state index contributed by atoms with van der Waals surface area (Å²) in [5.74, 6) is 1.94. The maximum Gasteiger partial charge on any atom is 0.363 e. The molecule has 1 heterocycles. The zero-order chi connectivity index (χ0) is 24.7. The smallest absolute Gasteiger partial charge is 0.363 e. The molecule has 0 unspecified atom stereocenters. The maximum atomic E-state index is 2.64. The summed E-state index contributed by atoms with van der Waals surface area (Å²) in [7, 11) is -1.66. The predicted molar refractivity (Wildman–Crippen MR) is 152 cm³/mol. The van der Waals surface area contributed by atoms with Gasteiger partial charge in [-0.3, -0.25) is 0 Å². The van der Waals surface area contributed by atoms with E-state index in [4.69, 9.17) is 0 Å². The van der Waals surface area contributed by atoms with Gasteiger partial charge in [-0.1, -0.05) is 111 Å². The van der Waals surface area contributed by atoms with Crippen LogP contribution in [0.5, 0.6) is 0 Å². The fraction of sp³-hybridized carbons (Fsp3) is 0.517. The van der Waals surface area contributed by atoms with Crippen LogP contribution in [0, 0.1) is 0 Å². The molecule has 2 aromatic rings. The Kier molecular flexibility index (Phi) is 7.58. The maximum absolute atomic E-state index is 2.64. The van der Waals surface area contributed by atoms with Crippen LogP contribution in [-0.4, -0.2) is 14.5 Å². The van der Waals surface area contributed by atoms with E-state index in [2.05, 4.69) is 133 Å². The van der Waals surface area contributed by atoms with E-state index >= 15 is 0 Å². The van der Waals surface area contributed by atoms with Gasteiger partial charge in [0.2, 0.25) is 0 Å². The summed E-state index contributed by atoms with van der Waals surface area (Å²) in [5.41, 5.74) is 8.69. The Bertz CT molecular complexity index is 875. The van der Waals surface area contributed by atoms with Crippen LogP contribution >= 0.6 is 0 Å². The lowest BCUT2D eigenvalue weighted by atomic mass is 9.86. The van der Waals surface area contributed by atoms with Crippen LogP contribution in [-0.2, 0) is 0 Å². The van der Waals surface area contributed by atoms with Crippen molar-refractivity contribution in [3.05, 3.63) is 71.1 Å². The number of hydrogen-bond acceptors (Lipinski definition) is 2. The third-order valence-corrected chi connectivity index (χ3v) is 9.00.